The van der Waals surface area contributed by atoms with Crippen molar-refractivity contribution in [2.24, 2.45) is 5.73 Å². The van der Waals surface area contributed by atoms with E-state index in [9.17, 15) is 14.9 Å². The summed E-state index contributed by atoms with van der Waals surface area (Å²) in [6.07, 6.45) is 4.31. The van der Waals surface area contributed by atoms with Gasteiger partial charge in [0, 0.05) is 30.6 Å². The van der Waals surface area contributed by atoms with Gasteiger partial charge in [-0.1, -0.05) is 6.07 Å². The van der Waals surface area contributed by atoms with E-state index in [1.165, 1.54) is 11.1 Å². The van der Waals surface area contributed by atoms with Gasteiger partial charge in [0.2, 0.25) is 11.8 Å². The minimum atomic E-state index is -0.694. The van der Waals surface area contributed by atoms with Crippen LogP contribution in [-0.2, 0) is 16.0 Å². The van der Waals surface area contributed by atoms with Crippen LogP contribution in [-0.4, -0.2) is 70.3 Å². The number of hydrogen-bond acceptors (Lipinski definition) is 6. The van der Waals surface area contributed by atoms with Gasteiger partial charge in [-0.05, 0) is 55.4 Å². The molecule has 158 valence electrons. The number of hydrogen-bond donors (Lipinski definition) is 2. The molecular formula is C22H27N5O2S. The lowest BCUT2D eigenvalue weighted by molar-refractivity contribution is -0.141. The standard InChI is InChI=1S/C22H27N5O2S/c23-10-14-2-1-7-26(14)21(28)18(24)12-25-11-15-9-20(25)22(29)27(15)19-6-3-13-8-16(30)4-5-17(13)19/h4-5,8,14-15,18-20,30H,1-3,6-7,9,11-12,24H2/t14?,15-,18?,19?,20?/m0/s1. The lowest BCUT2D eigenvalue weighted by atomic mass is 10.1. The molecule has 0 spiro atoms. The van der Waals surface area contributed by atoms with Crippen molar-refractivity contribution in [3.05, 3.63) is 29.3 Å². The van der Waals surface area contributed by atoms with Crippen LogP contribution in [0.2, 0.25) is 0 Å². The zero-order valence-corrected chi connectivity index (χ0v) is 17.8. The van der Waals surface area contributed by atoms with E-state index in [-0.39, 0.29) is 36.0 Å². The van der Waals surface area contributed by atoms with Crippen LogP contribution in [0.1, 0.15) is 42.9 Å². The van der Waals surface area contributed by atoms with E-state index >= 15 is 0 Å². The molecular weight excluding hydrogens is 398 g/mol. The van der Waals surface area contributed by atoms with Crippen LogP contribution in [0, 0.1) is 11.3 Å². The summed E-state index contributed by atoms with van der Waals surface area (Å²) in [6, 6.07) is 7.50. The van der Waals surface area contributed by atoms with Gasteiger partial charge < -0.3 is 15.5 Å². The predicted octanol–water partition coefficient (Wildman–Crippen LogP) is 1.09. The molecule has 0 saturated carbocycles. The Morgan fingerprint density at radius 3 is 2.93 bits per heavy atom. The summed E-state index contributed by atoms with van der Waals surface area (Å²) in [4.78, 5) is 32.7. The van der Waals surface area contributed by atoms with E-state index in [1.54, 1.807) is 4.90 Å². The fraction of sp³-hybridized carbons (Fsp3) is 0.591. The normalized spacial score (nSPS) is 31.3. The lowest BCUT2D eigenvalue weighted by Gasteiger charge is -2.38. The quantitative estimate of drug-likeness (QED) is 0.705. The van der Waals surface area contributed by atoms with E-state index in [0.717, 1.165) is 37.1 Å². The second kappa shape index (κ2) is 7.56. The fourth-order valence-electron chi connectivity index (χ4n) is 5.88. The number of rotatable bonds is 4. The van der Waals surface area contributed by atoms with E-state index in [1.807, 2.05) is 6.07 Å². The summed E-state index contributed by atoms with van der Waals surface area (Å²) in [5, 5.41) is 9.24. The number of aryl methyl sites for hydroxylation is 1. The molecule has 4 aliphatic rings. The number of carbonyl (C=O) groups excluding carboxylic acids is 2. The third kappa shape index (κ3) is 3.11. The van der Waals surface area contributed by atoms with Gasteiger partial charge in [0.25, 0.3) is 0 Å². The Hall–Kier alpha value is -2.08. The van der Waals surface area contributed by atoms with Gasteiger partial charge in [0.1, 0.15) is 6.04 Å². The molecule has 1 aliphatic carbocycles. The lowest BCUT2D eigenvalue weighted by Crippen LogP contribution is -2.56. The molecule has 1 aromatic carbocycles. The van der Waals surface area contributed by atoms with Gasteiger partial charge in [-0.25, -0.2) is 0 Å². The van der Waals surface area contributed by atoms with Gasteiger partial charge in [-0.15, -0.1) is 12.6 Å². The number of benzene rings is 1. The highest BCUT2D eigenvalue weighted by Gasteiger charge is 2.53. The maximum atomic E-state index is 13.2. The Morgan fingerprint density at radius 1 is 1.33 bits per heavy atom. The SMILES string of the molecule is N#CC1CCCN1C(=O)C(N)CN1C[C@@H]2CC1C(=O)N2C1CCc2cc(S)ccc21. The highest BCUT2D eigenvalue weighted by molar-refractivity contribution is 7.80. The molecule has 2 bridgehead atoms. The highest BCUT2D eigenvalue weighted by Crippen LogP contribution is 2.44. The van der Waals surface area contributed by atoms with Gasteiger partial charge in [0.15, 0.2) is 0 Å². The van der Waals surface area contributed by atoms with Crippen LogP contribution >= 0.6 is 12.6 Å². The molecule has 2 N–H and O–H groups in total. The van der Waals surface area contributed by atoms with Crippen molar-refractivity contribution in [1.29, 1.82) is 5.26 Å². The molecule has 0 aromatic heterocycles. The number of likely N-dealkylation sites (tertiary alicyclic amines) is 3. The van der Waals surface area contributed by atoms with Gasteiger partial charge in [-0.3, -0.25) is 14.5 Å². The largest absolute Gasteiger partial charge is 0.330 e. The molecule has 2 amide bonds. The zero-order chi connectivity index (χ0) is 21.0. The van der Waals surface area contributed by atoms with E-state index in [0.29, 0.717) is 19.5 Å². The van der Waals surface area contributed by atoms with Crippen molar-refractivity contribution in [3.8, 4) is 6.07 Å². The Balaban J connectivity index is 1.25. The van der Waals surface area contributed by atoms with Gasteiger partial charge in [-0.2, -0.15) is 5.26 Å². The van der Waals surface area contributed by atoms with Crippen molar-refractivity contribution in [1.82, 2.24) is 14.7 Å². The van der Waals surface area contributed by atoms with Crippen molar-refractivity contribution in [2.75, 3.05) is 19.6 Å². The average molecular weight is 426 g/mol. The first-order valence-corrected chi connectivity index (χ1v) is 11.3. The number of nitrogens with zero attached hydrogens (tertiary/aromatic N) is 4. The van der Waals surface area contributed by atoms with Gasteiger partial charge in [0.05, 0.1) is 24.2 Å². The Bertz CT molecular complexity index is 931. The molecule has 3 heterocycles. The number of piperazine rings is 1. The second-order valence-corrected chi connectivity index (χ2v) is 9.48. The first-order chi connectivity index (χ1) is 14.5. The van der Waals surface area contributed by atoms with Crippen LogP contribution in [0.5, 0.6) is 0 Å². The number of carbonyl (C=O) groups is 2. The molecule has 4 unspecified atom stereocenters. The van der Waals surface area contributed by atoms with Crippen LogP contribution in [0.3, 0.4) is 0 Å². The number of fused-ring (bicyclic) bond motifs is 3. The van der Waals surface area contributed by atoms with Crippen LogP contribution in [0.25, 0.3) is 0 Å². The summed E-state index contributed by atoms with van der Waals surface area (Å²) in [7, 11) is 0. The highest BCUT2D eigenvalue weighted by atomic mass is 32.1. The van der Waals surface area contributed by atoms with Crippen molar-refractivity contribution >= 4 is 24.4 Å². The van der Waals surface area contributed by atoms with Crippen molar-refractivity contribution < 1.29 is 9.59 Å². The molecule has 30 heavy (non-hydrogen) atoms. The van der Waals surface area contributed by atoms with Crippen LogP contribution in [0.4, 0.5) is 0 Å². The summed E-state index contributed by atoms with van der Waals surface area (Å²) < 4.78 is 0. The summed E-state index contributed by atoms with van der Waals surface area (Å²) in [6.45, 7) is 1.73. The van der Waals surface area contributed by atoms with E-state index in [4.69, 9.17) is 5.73 Å². The molecule has 3 fully saturated rings. The molecule has 1 aromatic rings. The first-order valence-electron chi connectivity index (χ1n) is 10.8. The molecule has 7 nitrogen and oxygen atoms in total. The van der Waals surface area contributed by atoms with Gasteiger partial charge >= 0.3 is 0 Å². The molecule has 0 radical (unpaired) electrons. The number of thiol groups is 1. The number of nitrogens with two attached hydrogens (primary N) is 1. The summed E-state index contributed by atoms with van der Waals surface area (Å²) >= 11 is 4.44. The first kappa shape index (κ1) is 19.9. The van der Waals surface area contributed by atoms with E-state index in [2.05, 4.69) is 40.6 Å². The third-order valence-corrected chi connectivity index (χ3v) is 7.53. The number of nitriles is 1. The van der Waals surface area contributed by atoms with Crippen LogP contribution in [0.15, 0.2) is 23.1 Å². The maximum absolute atomic E-state index is 13.2. The summed E-state index contributed by atoms with van der Waals surface area (Å²) in [5.74, 6) is -0.00631. The number of amides is 2. The maximum Gasteiger partial charge on any atom is 0.241 e. The molecule has 3 saturated heterocycles. The fourth-order valence-corrected chi connectivity index (χ4v) is 6.11. The Labute approximate surface area is 182 Å². The third-order valence-electron chi connectivity index (χ3n) is 7.26. The van der Waals surface area contributed by atoms with E-state index < -0.39 is 6.04 Å². The van der Waals surface area contributed by atoms with Crippen LogP contribution < -0.4 is 5.73 Å². The molecule has 8 heteroatoms. The van der Waals surface area contributed by atoms with Crippen molar-refractivity contribution in [2.45, 2.75) is 67.2 Å². The minimum absolute atomic E-state index is 0.148. The second-order valence-electron chi connectivity index (χ2n) is 8.97. The molecule has 5 rings (SSSR count). The van der Waals surface area contributed by atoms with Crippen molar-refractivity contribution in [3.63, 3.8) is 0 Å². The Kier molecular flexibility index (Phi) is 5.00. The predicted molar refractivity (Wildman–Crippen MR) is 114 cm³/mol. The minimum Gasteiger partial charge on any atom is -0.330 e. The topological polar surface area (TPSA) is 93.7 Å². The molecule has 5 atom stereocenters. The average Bonchev–Trinajstić information content (AvgIpc) is 3.49. The smallest absolute Gasteiger partial charge is 0.241 e. The monoisotopic (exact) mass is 425 g/mol. The molecule has 3 aliphatic heterocycles. The zero-order valence-electron chi connectivity index (χ0n) is 16.9. The summed E-state index contributed by atoms with van der Waals surface area (Å²) in [5.41, 5.74) is 8.78. The Morgan fingerprint density at radius 2 is 2.17 bits per heavy atom.